The number of benzene rings is 1. The minimum atomic E-state index is 0.273. The summed E-state index contributed by atoms with van der Waals surface area (Å²) in [7, 11) is 0. The van der Waals surface area contributed by atoms with Crippen molar-refractivity contribution in [2.24, 2.45) is 0 Å². The summed E-state index contributed by atoms with van der Waals surface area (Å²) in [5.74, 6) is 0.551. The molecule has 0 unspecified atom stereocenters. The van der Waals surface area contributed by atoms with Gasteiger partial charge in [-0.05, 0) is 18.2 Å². The van der Waals surface area contributed by atoms with E-state index in [1.54, 1.807) is 10.9 Å². The summed E-state index contributed by atoms with van der Waals surface area (Å²) < 4.78 is 1.64. The molecular formula is C12H8N6. The predicted molar refractivity (Wildman–Crippen MR) is 65.8 cm³/mol. The summed E-state index contributed by atoms with van der Waals surface area (Å²) in [6.45, 7) is 0. The van der Waals surface area contributed by atoms with Gasteiger partial charge in [0, 0.05) is 11.1 Å². The van der Waals surface area contributed by atoms with Crippen LogP contribution in [-0.4, -0.2) is 19.7 Å². The molecule has 1 aromatic carbocycles. The number of hydrogen-bond donors (Lipinski definition) is 1. The first-order valence-electron chi connectivity index (χ1n) is 5.24. The van der Waals surface area contributed by atoms with Crippen LogP contribution in [0.15, 0.2) is 36.8 Å². The lowest BCUT2D eigenvalue weighted by Gasteiger charge is -2.02. The van der Waals surface area contributed by atoms with Crippen LogP contribution in [-0.2, 0) is 0 Å². The summed E-state index contributed by atoms with van der Waals surface area (Å²) >= 11 is 0. The zero-order valence-electron chi connectivity index (χ0n) is 9.28. The zero-order valence-corrected chi connectivity index (χ0v) is 9.28. The van der Waals surface area contributed by atoms with Crippen LogP contribution in [0.4, 0.5) is 5.69 Å². The highest BCUT2D eigenvalue weighted by molar-refractivity contribution is 5.83. The van der Waals surface area contributed by atoms with E-state index in [4.69, 9.17) is 11.0 Å². The average molecular weight is 236 g/mol. The summed E-state index contributed by atoms with van der Waals surface area (Å²) in [6.07, 6.45) is 4.65. The molecule has 2 heterocycles. The lowest BCUT2D eigenvalue weighted by atomic mass is 10.2. The molecule has 0 spiro atoms. The molecule has 0 aliphatic carbocycles. The second-order valence-electron chi connectivity index (χ2n) is 3.75. The van der Waals surface area contributed by atoms with Gasteiger partial charge < -0.3 is 5.73 Å². The molecular weight excluding hydrogens is 228 g/mol. The standard InChI is InChI=1S/C12H8N6/c13-4-10-6-16-12(7-15-10)18-11-3-9(14)2-1-8(11)5-17-18/h1-3,5-7H,14H2. The maximum Gasteiger partial charge on any atom is 0.172 e. The van der Waals surface area contributed by atoms with E-state index in [0.717, 1.165) is 10.9 Å². The van der Waals surface area contributed by atoms with Crippen LogP contribution in [0, 0.1) is 11.3 Å². The minimum Gasteiger partial charge on any atom is -0.399 e. The molecule has 0 bridgehead atoms. The van der Waals surface area contributed by atoms with Gasteiger partial charge in [-0.15, -0.1) is 0 Å². The average Bonchev–Trinajstić information content (AvgIpc) is 2.82. The fourth-order valence-corrected chi connectivity index (χ4v) is 1.71. The molecule has 0 saturated carbocycles. The Bertz CT molecular complexity index is 750. The van der Waals surface area contributed by atoms with Crippen molar-refractivity contribution in [2.75, 3.05) is 5.73 Å². The van der Waals surface area contributed by atoms with Crippen LogP contribution < -0.4 is 5.73 Å². The highest BCUT2D eigenvalue weighted by Gasteiger charge is 2.06. The predicted octanol–water partition coefficient (Wildman–Crippen LogP) is 1.27. The van der Waals surface area contributed by atoms with Crippen molar-refractivity contribution in [3.8, 4) is 11.9 Å². The van der Waals surface area contributed by atoms with Crippen LogP contribution in [0.25, 0.3) is 16.7 Å². The van der Waals surface area contributed by atoms with Gasteiger partial charge in [0.05, 0.1) is 24.1 Å². The maximum atomic E-state index is 8.68. The highest BCUT2D eigenvalue weighted by atomic mass is 15.3. The van der Waals surface area contributed by atoms with Gasteiger partial charge in [-0.1, -0.05) is 0 Å². The molecule has 6 heteroatoms. The van der Waals surface area contributed by atoms with E-state index in [-0.39, 0.29) is 5.69 Å². The molecule has 6 nitrogen and oxygen atoms in total. The van der Waals surface area contributed by atoms with Crippen molar-refractivity contribution < 1.29 is 0 Å². The number of anilines is 1. The van der Waals surface area contributed by atoms with Crippen molar-refractivity contribution in [3.63, 3.8) is 0 Å². The Labute approximate surface area is 102 Å². The SMILES string of the molecule is N#Cc1cnc(-n2ncc3ccc(N)cc32)cn1. The third-order valence-corrected chi connectivity index (χ3v) is 2.56. The van der Waals surface area contributed by atoms with Crippen molar-refractivity contribution in [2.45, 2.75) is 0 Å². The largest absolute Gasteiger partial charge is 0.399 e. The smallest absolute Gasteiger partial charge is 0.172 e. The molecule has 2 N–H and O–H groups in total. The molecule has 0 atom stereocenters. The Hall–Kier alpha value is -2.94. The number of nitriles is 1. The van der Waals surface area contributed by atoms with Crippen molar-refractivity contribution in [1.82, 2.24) is 19.7 Å². The molecule has 0 amide bonds. The quantitative estimate of drug-likeness (QED) is 0.642. The second-order valence-corrected chi connectivity index (χ2v) is 3.75. The summed E-state index contributed by atoms with van der Waals surface area (Å²) in [6, 6.07) is 7.46. The molecule has 0 fully saturated rings. The lowest BCUT2D eigenvalue weighted by Crippen LogP contribution is -2.01. The number of nitrogens with two attached hydrogens (primary N) is 1. The first kappa shape index (κ1) is 10.2. The third-order valence-electron chi connectivity index (χ3n) is 2.56. The summed E-state index contributed by atoms with van der Waals surface area (Å²) in [4.78, 5) is 8.11. The summed E-state index contributed by atoms with van der Waals surface area (Å²) in [5.41, 5.74) is 7.54. The first-order chi connectivity index (χ1) is 8.78. The molecule has 3 aromatic rings. The Morgan fingerprint density at radius 3 is 2.78 bits per heavy atom. The van der Waals surface area contributed by atoms with Gasteiger partial charge in [0.1, 0.15) is 6.07 Å². The van der Waals surface area contributed by atoms with Gasteiger partial charge in [0.15, 0.2) is 11.5 Å². The van der Waals surface area contributed by atoms with Crippen LogP contribution in [0.3, 0.4) is 0 Å². The van der Waals surface area contributed by atoms with E-state index in [9.17, 15) is 0 Å². The number of fused-ring (bicyclic) bond motifs is 1. The molecule has 86 valence electrons. The number of nitrogen functional groups attached to an aromatic ring is 1. The molecule has 3 rings (SSSR count). The fourth-order valence-electron chi connectivity index (χ4n) is 1.71. The fraction of sp³-hybridized carbons (Fsp3) is 0. The first-order valence-corrected chi connectivity index (χ1v) is 5.24. The Balaban J connectivity index is 2.19. The van der Waals surface area contributed by atoms with E-state index in [1.807, 2.05) is 24.3 Å². The molecule has 0 aliphatic rings. The van der Waals surface area contributed by atoms with E-state index in [1.165, 1.54) is 12.4 Å². The highest BCUT2D eigenvalue weighted by Crippen LogP contribution is 2.19. The van der Waals surface area contributed by atoms with Gasteiger partial charge in [-0.3, -0.25) is 0 Å². The van der Waals surface area contributed by atoms with Crippen LogP contribution in [0.2, 0.25) is 0 Å². The van der Waals surface area contributed by atoms with E-state index in [0.29, 0.717) is 11.5 Å². The Morgan fingerprint density at radius 1 is 1.17 bits per heavy atom. The topological polar surface area (TPSA) is 93.4 Å². The van der Waals surface area contributed by atoms with Crippen LogP contribution in [0.1, 0.15) is 5.69 Å². The number of aromatic nitrogens is 4. The Kier molecular flexibility index (Phi) is 2.17. The molecule has 0 aliphatic heterocycles. The van der Waals surface area contributed by atoms with E-state index in [2.05, 4.69) is 15.1 Å². The molecule has 0 radical (unpaired) electrons. The number of rotatable bonds is 1. The van der Waals surface area contributed by atoms with Gasteiger partial charge in [-0.2, -0.15) is 10.4 Å². The Morgan fingerprint density at radius 2 is 2.06 bits per heavy atom. The monoisotopic (exact) mass is 236 g/mol. The van der Waals surface area contributed by atoms with Gasteiger partial charge in [-0.25, -0.2) is 14.6 Å². The molecule has 18 heavy (non-hydrogen) atoms. The molecule has 0 saturated heterocycles. The second kappa shape index (κ2) is 3.82. The third kappa shape index (κ3) is 1.55. The van der Waals surface area contributed by atoms with E-state index >= 15 is 0 Å². The van der Waals surface area contributed by atoms with Crippen LogP contribution in [0.5, 0.6) is 0 Å². The summed E-state index contributed by atoms with van der Waals surface area (Å²) in [5, 5.41) is 13.9. The van der Waals surface area contributed by atoms with Crippen LogP contribution >= 0.6 is 0 Å². The van der Waals surface area contributed by atoms with Gasteiger partial charge >= 0.3 is 0 Å². The normalized spacial score (nSPS) is 10.4. The zero-order chi connectivity index (χ0) is 12.5. The minimum absolute atomic E-state index is 0.273. The van der Waals surface area contributed by atoms with Gasteiger partial charge in [0.25, 0.3) is 0 Å². The van der Waals surface area contributed by atoms with Gasteiger partial charge in [0.2, 0.25) is 0 Å². The lowest BCUT2D eigenvalue weighted by molar-refractivity contribution is 0.862. The van der Waals surface area contributed by atoms with E-state index < -0.39 is 0 Å². The molecule has 2 aromatic heterocycles. The number of hydrogen-bond acceptors (Lipinski definition) is 5. The van der Waals surface area contributed by atoms with Crippen molar-refractivity contribution in [1.29, 1.82) is 5.26 Å². The van der Waals surface area contributed by atoms with Crippen molar-refractivity contribution in [3.05, 3.63) is 42.5 Å². The number of nitrogens with zero attached hydrogens (tertiary/aromatic N) is 5. The van der Waals surface area contributed by atoms with Crippen molar-refractivity contribution >= 4 is 16.6 Å². The maximum absolute atomic E-state index is 8.68.